The first-order valence-electron chi connectivity index (χ1n) is 9.64. The minimum atomic E-state index is 0. The maximum atomic E-state index is 5.81. The fourth-order valence-electron chi connectivity index (χ4n) is 3.35. The van der Waals surface area contributed by atoms with E-state index in [1.54, 1.807) is 0 Å². The molecule has 0 aromatic heterocycles. The molecular formula is C20H31BrIN3O2. The van der Waals surface area contributed by atoms with Crippen molar-refractivity contribution in [3.8, 4) is 0 Å². The predicted molar refractivity (Wildman–Crippen MR) is 124 cm³/mol. The van der Waals surface area contributed by atoms with Crippen molar-refractivity contribution in [2.24, 2.45) is 10.9 Å². The molecule has 2 fully saturated rings. The van der Waals surface area contributed by atoms with Crippen LogP contribution in [0.4, 0.5) is 0 Å². The summed E-state index contributed by atoms with van der Waals surface area (Å²) in [5, 5.41) is 6.91. The molecule has 0 amide bonds. The molecule has 27 heavy (non-hydrogen) atoms. The number of halogens is 2. The largest absolute Gasteiger partial charge is 0.381 e. The number of nitrogens with one attached hydrogen (secondary N) is 2. The third kappa shape index (κ3) is 7.87. The van der Waals surface area contributed by atoms with Crippen molar-refractivity contribution in [3.63, 3.8) is 0 Å². The summed E-state index contributed by atoms with van der Waals surface area (Å²) < 4.78 is 12.3. The molecule has 0 bridgehead atoms. The summed E-state index contributed by atoms with van der Waals surface area (Å²) in [5.74, 6) is 2.15. The normalized spacial score (nSPS) is 22.8. The van der Waals surface area contributed by atoms with Crippen LogP contribution in [-0.2, 0) is 9.47 Å². The number of ether oxygens (including phenoxy) is 2. The van der Waals surface area contributed by atoms with Crippen LogP contribution in [-0.4, -0.2) is 52.0 Å². The summed E-state index contributed by atoms with van der Waals surface area (Å²) >= 11 is 3.49. The van der Waals surface area contributed by atoms with Gasteiger partial charge in [-0.1, -0.05) is 28.1 Å². The zero-order chi connectivity index (χ0) is 18.2. The molecule has 1 aromatic rings. The fraction of sp³-hybridized carbons (Fsp3) is 0.650. The van der Waals surface area contributed by atoms with Gasteiger partial charge in [0.05, 0.1) is 0 Å². The number of aliphatic imine (C=N–C) groups is 1. The van der Waals surface area contributed by atoms with Crippen LogP contribution in [0.2, 0.25) is 0 Å². The standard InChI is InChI=1S/C20H30BrN3O2.HI/c1-22-20(23-9-2-10-26-14-15-7-11-25-12-8-15)24-19-13-18(19)16-3-5-17(21)6-4-16;/h3-6,15,18-19H,2,7-14H2,1H3,(H2,22,23,24);1H. The maximum absolute atomic E-state index is 5.81. The van der Waals surface area contributed by atoms with Gasteiger partial charge in [-0.3, -0.25) is 4.99 Å². The Balaban J connectivity index is 0.00000261. The SMILES string of the molecule is CN=C(NCCCOCC1CCOCC1)NC1CC1c1ccc(Br)cc1.I. The van der Waals surface area contributed by atoms with Crippen LogP contribution in [0.1, 0.15) is 37.2 Å². The average molecular weight is 552 g/mol. The summed E-state index contributed by atoms with van der Waals surface area (Å²) in [5.41, 5.74) is 1.39. The third-order valence-electron chi connectivity index (χ3n) is 5.09. The van der Waals surface area contributed by atoms with Gasteiger partial charge in [0.2, 0.25) is 0 Å². The van der Waals surface area contributed by atoms with Crippen LogP contribution in [0.5, 0.6) is 0 Å². The first kappa shape index (κ1) is 22.9. The molecule has 7 heteroatoms. The summed E-state index contributed by atoms with van der Waals surface area (Å²) in [6.07, 6.45) is 4.42. The minimum absolute atomic E-state index is 0. The molecule has 0 spiro atoms. The molecule has 1 saturated carbocycles. The van der Waals surface area contributed by atoms with Gasteiger partial charge < -0.3 is 20.1 Å². The molecule has 2 atom stereocenters. The number of nitrogens with zero attached hydrogens (tertiary/aromatic N) is 1. The summed E-state index contributed by atoms with van der Waals surface area (Å²) in [4.78, 5) is 4.33. The zero-order valence-corrected chi connectivity index (χ0v) is 19.9. The Morgan fingerprint density at radius 2 is 2.00 bits per heavy atom. The van der Waals surface area contributed by atoms with Crippen molar-refractivity contribution in [1.29, 1.82) is 0 Å². The van der Waals surface area contributed by atoms with Crippen LogP contribution >= 0.6 is 39.9 Å². The lowest BCUT2D eigenvalue weighted by Crippen LogP contribution is -2.39. The van der Waals surface area contributed by atoms with E-state index in [9.17, 15) is 0 Å². The molecule has 1 saturated heterocycles. The van der Waals surface area contributed by atoms with Crippen LogP contribution in [0.15, 0.2) is 33.7 Å². The van der Waals surface area contributed by atoms with Gasteiger partial charge in [-0.25, -0.2) is 0 Å². The average Bonchev–Trinajstić information content (AvgIpc) is 3.44. The number of guanidine groups is 1. The molecule has 0 radical (unpaired) electrons. The molecule has 1 aliphatic carbocycles. The van der Waals surface area contributed by atoms with Gasteiger partial charge in [0.1, 0.15) is 0 Å². The lowest BCUT2D eigenvalue weighted by Gasteiger charge is -2.21. The van der Waals surface area contributed by atoms with E-state index < -0.39 is 0 Å². The van der Waals surface area contributed by atoms with E-state index >= 15 is 0 Å². The van der Waals surface area contributed by atoms with Gasteiger partial charge >= 0.3 is 0 Å². The van der Waals surface area contributed by atoms with E-state index in [2.05, 4.69) is 55.8 Å². The van der Waals surface area contributed by atoms with Crippen molar-refractivity contribution >= 4 is 45.9 Å². The van der Waals surface area contributed by atoms with Crippen molar-refractivity contribution in [3.05, 3.63) is 34.3 Å². The van der Waals surface area contributed by atoms with Crippen molar-refractivity contribution in [2.45, 2.75) is 37.6 Å². The minimum Gasteiger partial charge on any atom is -0.381 e. The Kier molecular flexibility index (Phi) is 10.4. The van der Waals surface area contributed by atoms with E-state index in [-0.39, 0.29) is 24.0 Å². The molecule has 2 N–H and O–H groups in total. The monoisotopic (exact) mass is 551 g/mol. The van der Waals surface area contributed by atoms with Gasteiger partial charge in [-0.15, -0.1) is 24.0 Å². The second kappa shape index (κ2) is 12.2. The number of hydrogen-bond acceptors (Lipinski definition) is 3. The van der Waals surface area contributed by atoms with E-state index in [4.69, 9.17) is 9.47 Å². The Hall–Kier alpha value is -0.380. The Bertz CT molecular complexity index is 579. The number of benzene rings is 1. The second-order valence-electron chi connectivity index (χ2n) is 7.13. The Morgan fingerprint density at radius 1 is 1.26 bits per heavy atom. The summed E-state index contributed by atoms with van der Waals surface area (Å²) in [6, 6.07) is 9.09. The summed E-state index contributed by atoms with van der Waals surface area (Å²) in [7, 11) is 1.83. The first-order chi connectivity index (χ1) is 12.8. The highest BCUT2D eigenvalue weighted by atomic mass is 127. The molecular weight excluding hydrogens is 521 g/mol. The van der Waals surface area contributed by atoms with Crippen LogP contribution < -0.4 is 10.6 Å². The van der Waals surface area contributed by atoms with Crippen molar-refractivity contribution in [2.75, 3.05) is 40.0 Å². The van der Waals surface area contributed by atoms with Gasteiger partial charge in [0, 0.05) is 56.5 Å². The van der Waals surface area contributed by atoms with Crippen molar-refractivity contribution < 1.29 is 9.47 Å². The number of hydrogen-bond donors (Lipinski definition) is 2. The molecule has 2 unspecified atom stereocenters. The van der Waals surface area contributed by atoms with Crippen molar-refractivity contribution in [1.82, 2.24) is 10.6 Å². The molecule has 2 aliphatic rings. The molecule has 1 heterocycles. The highest BCUT2D eigenvalue weighted by molar-refractivity contribution is 14.0. The van der Waals surface area contributed by atoms with Crippen LogP contribution in [0, 0.1) is 5.92 Å². The highest BCUT2D eigenvalue weighted by Gasteiger charge is 2.38. The van der Waals surface area contributed by atoms with E-state index in [1.807, 2.05) is 7.05 Å². The Morgan fingerprint density at radius 3 is 2.70 bits per heavy atom. The molecule has 1 aromatic carbocycles. The van der Waals surface area contributed by atoms with Gasteiger partial charge in [-0.05, 0) is 49.3 Å². The lowest BCUT2D eigenvalue weighted by atomic mass is 10.0. The quantitative estimate of drug-likeness (QED) is 0.222. The van der Waals surface area contributed by atoms with Crippen LogP contribution in [0.25, 0.3) is 0 Å². The van der Waals surface area contributed by atoms with E-state index in [1.165, 1.54) is 5.56 Å². The molecule has 1 aliphatic heterocycles. The molecule has 5 nitrogen and oxygen atoms in total. The summed E-state index contributed by atoms with van der Waals surface area (Å²) in [6.45, 7) is 4.32. The van der Waals surface area contributed by atoms with Gasteiger partial charge in [0.25, 0.3) is 0 Å². The second-order valence-corrected chi connectivity index (χ2v) is 8.04. The smallest absolute Gasteiger partial charge is 0.191 e. The topological polar surface area (TPSA) is 54.9 Å². The fourth-order valence-corrected chi connectivity index (χ4v) is 3.61. The number of rotatable bonds is 8. The van der Waals surface area contributed by atoms with E-state index in [0.717, 1.165) is 69.1 Å². The third-order valence-corrected chi connectivity index (χ3v) is 5.62. The maximum Gasteiger partial charge on any atom is 0.191 e. The zero-order valence-electron chi connectivity index (χ0n) is 16.0. The van der Waals surface area contributed by atoms with Gasteiger partial charge in [-0.2, -0.15) is 0 Å². The first-order valence-corrected chi connectivity index (χ1v) is 10.4. The predicted octanol–water partition coefficient (Wildman–Crippen LogP) is 3.92. The lowest BCUT2D eigenvalue weighted by molar-refractivity contribution is 0.0203. The van der Waals surface area contributed by atoms with E-state index in [0.29, 0.717) is 17.9 Å². The highest BCUT2D eigenvalue weighted by Crippen LogP contribution is 2.40. The van der Waals surface area contributed by atoms with Gasteiger partial charge in [0.15, 0.2) is 5.96 Å². The molecule has 3 rings (SSSR count). The Labute approximate surface area is 188 Å². The van der Waals surface area contributed by atoms with Crippen LogP contribution in [0.3, 0.4) is 0 Å². The molecule has 152 valence electrons.